The van der Waals surface area contributed by atoms with Crippen LogP contribution in [0.2, 0.25) is 0 Å². The predicted molar refractivity (Wildman–Crippen MR) is 88.3 cm³/mol. The zero-order chi connectivity index (χ0) is 14.8. The number of hydrogen-bond donors (Lipinski definition) is 1. The summed E-state index contributed by atoms with van der Waals surface area (Å²) < 4.78 is 0. The quantitative estimate of drug-likeness (QED) is 0.782. The van der Waals surface area contributed by atoms with Crippen LogP contribution in [0.3, 0.4) is 0 Å². The normalized spacial score (nSPS) is 12.5. The molecular weight excluding hydrogens is 256 g/mol. The highest BCUT2D eigenvalue weighted by molar-refractivity contribution is 5.82. The molecule has 0 aliphatic heterocycles. The first kappa shape index (κ1) is 13.8. The molecule has 2 aromatic carbocycles. The Morgan fingerprint density at radius 2 is 1.81 bits per heavy atom. The molecule has 0 aliphatic rings. The number of nitrogens with two attached hydrogens (primary N) is 1. The van der Waals surface area contributed by atoms with E-state index >= 15 is 0 Å². The maximum absolute atomic E-state index is 6.48. The van der Waals surface area contributed by atoms with Gasteiger partial charge >= 0.3 is 0 Å². The van der Waals surface area contributed by atoms with E-state index in [0.717, 1.165) is 23.0 Å². The van der Waals surface area contributed by atoms with Gasteiger partial charge in [-0.25, -0.2) is 0 Å². The van der Waals surface area contributed by atoms with Crippen LogP contribution in [-0.2, 0) is 6.42 Å². The summed E-state index contributed by atoms with van der Waals surface area (Å²) in [6, 6.07) is 18.9. The molecule has 106 valence electrons. The number of nitrogens with zero attached hydrogens (tertiary/aromatic N) is 1. The van der Waals surface area contributed by atoms with Gasteiger partial charge in [-0.3, -0.25) is 4.98 Å². The summed E-state index contributed by atoms with van der Waals surface area (Å²) in [6.07, 6.45) is 0.842. The van der Waals surface area contributed by atoms with Gasteiger partial charge in [0.15, 0.2) is 0 Å². The van der Waals surface area contributed by atoms with Gasteiger partial charge in [0.1, 0.15) is 0 Å². The number of aromatic nitrogens is 1. The van der Waals surface area contributed by atoms with E-state index in [4.69, 9.17) is 5.73 Å². The molecule has 1 heterocycles. The van der Waals surface area contributed by atoms with Crippen molar-refractivity contribution in [2.75, 3.05) is 0 Å². The molecule has 0 bridgehead atoms. The van der Waals surface area contributed by atoms with E-state index in [9.17, 15) is 0 Å². The lowest BCUT2D eigenvalue weighted by Gasteiger charge is -2.16. The SMILES string of the molecule is Cc1cccc(CC(N)c2cc(C)nc3ccccc23)c1. The lowest BCUT2D eigenvalue weighted by molar-refractivity contribution is 0.726. The third-order valence-electron chi connectivity index (χ3n) is 3.81. The molecule has 0 aliphatic carbocycles. The van der Waals surface area contributed by atoms with Crippen LogP contribution in [0.25, 0.3) is 10.9 Å². The molecule has 3 aromatic rings. The summed E-state index contributed by atoms with van der Waals surface area (Å²) in [5.41, 5.74) is 12.3. The van der Waals surface area contributed by atoms with Crippen molar-refractivity contribution in [1.29, 1.82) is 0 Å². The Labute approximate surface area is 125 Å². The zero-order valence-corrected chi connectivity index (χ0v) is 12.5. The van der Waals surface area contributed by atoms with Crippen molar-refractivity contribution in [2.24, 2.45) is 5.73 Å². The van der Waals surface area contributed by atoms with Crippen LogP contribution in [0.1, 0.15) is 28.4 Å². The molecule has 2 nitrogen and oxygen atoms in total. The number of para-hydroxylation sites is 1. The fraction of sp³-hybridized carbons (Fsp3) is 0.211. The highest BCUT2D eigenvalue weighted by atomic mass is 14.7. The third-order valence-corrected chi connectivity index (χ3v) is 3.81. The highest BCUT2D eigenvalue weighted by Gasteiger charge is 2.12. The monoisotopic (exact) mass is 276 g/mol. The van der Waals surface area contributed by atoms with Gasteiger partial charge in [0, 0.05) is 17.1 Å². The predicted octanol–water partition coefficient (Wildman–Crippen LogP) is 4.09. The Kier molecular flexibility index (Phi) is 3.72. The van der Waals surface area contributed by atoms with Crippen molar-refractivity contribution in [2.45, 2.75) is 26.3 Å². The molecule has 1 atom stereocenters. The van der Waals surface area contributed by atoms with Crippen LogP contribution in [0, 0.1) is 13.8 Å². The fourth-order valence-corrected chi connectivity index (χ4v) is 2.85. The zero-order valence-electron chi connectivity index (χ0n) is 12.5. The van der Waals surface area contributed by atoms with Gasteiger partial charge in [-0.1, -0.05) is 48.0 Å². The van der Waals surface area contributed by atoms with E-state index in [0.29, 0.717) is 0 Å². The average Bonchev–Trinajstić information content (AvgIpc) is 2.46. The van der Waals surface area contributed by atoms with Gasteiger partial charge in [0.2, 0.25) is 0 Å². The van der Waals surface area contributed by atoms with Crippen LogP contribution in [0.15, 0.2) is 54.6 Å². The summed E-state index contributed by atoms with van der Waals surface area (Å²) in [5.74, 6) is 0. The largest absolute Gasteiger partial charge is 0.324 e. The summed E-state index contributed by atoms with van der Waals surface area (Å²) >= 11 is 0. The number of hydrogen-bond acceptors (Lipinski definition) is 2. The minimum atomic E-state index is -0.0154. The third kappa shape index (κ3) is 2.96. The molecular formula is C19H20N2. The van der Waals surface area contributed by atoms with E-state index in [1.165, 1.54) is 16.7 Å². The van der Waals surface area contributed by atoms with Crippen molar-refractivity contribution in [1.82, 2.24) is 4.98 Å². The van der Waals surface area contributed by atoms with Gasteiger partial charge in [-0.2, -0.15) is 0 Å². The minimum absolute atomic E-state index is 0.0154. The number of rotatable bonds is 3. The number of pyridine rings is 1. The van der Waals surface area contributed by atoms with Crippen molar-refractivity contribution < 1.29 is 0 Å². The van der Waals surface area contributed by atoms with Crippen molar-refractivity contribution in [3.63, 3.8) is 0 Å². The van der Waals surface area contributed by atoms with Crippen LogP contribution >= 0.6 is 0 Å². The Morgan fingerprint density at radius 3 is 2.62 bits per heavy atom. The summed E-state index contributed by atoms with van der Waals surface area (Å²) in [7, 11) is 0. The Hall–Kier alpha value is -2.19. The maximum atomic E-state index is 6.48. The average molecular weight is 276 g/mol. The number of benzene rings is 2. The van der Waals surface area contributed by atoms with Crippen LogP contribution in [0.5, 0.6) is 0 Å². The number of aryl methyl sites for hydroxylation is 2. The first-order chi connectivity index (χ1) is 10.1. The second-order valence-corrected chi connectivity index (χ2v) is 5.67. The van der Waals surface area contributed by atoms with E-state index in [2.05, 4.69) is 48.3 Å². The van der Waals surface area contributed by atoms with E-state index in [1.807, 2.05) is 25.1 Å². The van der Waals surface area contributed by atoms with Gasteiger partial charge < -0.3 is 5.73 Å². The lowest BCUT2D eigenvalue weighted by atomic mass is 9.95. The molecule has 1 aromatic heterocycles. The second kappa shape index (κ2) is 5.66. The summed E-state index contributed by atoms with van der Waals surface area (Å²) in [6.45, 7) is 4.14. The fourth-order valence-electron chi connectivity index (χ4n) is 2.85. The molecule has 2 N–H and O–H groups in total. The number of fused-ring (bicyclic) bond motifs is 1. The van der Waals surface area contributed by atoms with E-state index in [1.54, 1.807) is 0 Å². The van der Waals surface area contributed by atoms with E-state index < -0.39 is 0 Å². The Morgan fingerprint density at radius 1 is 1.00 bits per heavy atom. The first-order valence-electron chi connectivity index (χ1n) is 7.31. The molecule has 0 amide bonds. The highest BCUT2D eigenvalue weighted by Crippen LogP contribution is 2.25. The van der Waals surface area contributed by atoms with Gasteiger partial charge in [-0.05, 0) is 43.5 Å². The smallest absolute Gasteiger partial charge is 0.0708 e. The molecule has 0 saturated carbocycles. The standard InChI is InChI=1S/C19H20N2/c1-13-6-5-7-15(10-13)12-18(20)17-11-14(2)21-19-9-4-3-8-16(17)19/h3-11,18H,12,20H2,1-2H3. The van der Waals surface area contributed by atoms with Crippen molar-refractivity contribution >= 4 is 10.9 Å². The Bertz CT molecular complexity index is 777. The maximum Gasteiger partial charge on any atom is 0.0708 e. The molecule has 21 heavy (non-hydrogen) atoms. The molecule has 0 radical (unpaired) electrons. The summed E-state index contributed by atoms with van der Waals surface area (Å²) in [4.78, 5) is 4.58. The van der Waals surface area contributed by atoms with Crippen molar-refractivity contribution in [3.05, 3.63) is 77.0 Å². The van der Waals surface area contributed by atoms with E-state index in [-0.39, 0.29) is 6.04 Å². The Balaban J connectivity index is 1.99. The van der Waals surface area contributed by atoms with Crippen molar-refractivity contribution in [3.8, 4) is 0 Å². The molecule has 1 unspecified atom stereocenters. The van der Waals surface area contributed by atoms with Crippen LogP contribution in [-0.4, -0.2) is 4.98 Å². The molecule has 0 saturated heterocycles. The minimum Gasteiger partial charge on any atom is -0.324 e. The molecule has 0 spiro atoms. The molecule has 3 rings (SSSR count). The first-order valence-corrected chi connectivity index (χ1v) is 7.31. The molecule has 2 heteroatoms. The summed E-state index contributed by atoms with van der Waals surface area (Å²) in [5, 5.41) is 1.16. The van der Waals surface area contributed by atoms with Gasteiger partial charge in [0.05, 0.1) is 5.52 Å². The second-order valence-electron chi connectivity index (χ2n) is 5.67. The molecule has 0 fully saturated rings. The van der Waals surface area contributed by atoms with Gasteiger partial charge in [0.25, 0.3) is 0 Å². The lowest BCUT2D eigenvalue weighted by Crippen LogP contribution is -2.14. The van der Waals surface area contributed by atoms with Crippen LogP contribution in [0.4, 0.5) is 0 Å². The topological polar surface area (TPSA) is 38.9 Å². The van der Waals surface area contributed by atoms with Gasteiger partial charge in [-0.15, -0.1) is 0 Å². The van der Waals surface area contributed by atoms with Crippen LogP contribution < -0.4 is 5.73 Å².